The first kappa shape index (κ1) is 24.7. The molecule has 0 radical (unpaired) electrons. The molecular formula is C25H28ClN5O4. The van der Waals surface area contributed by atoms with Crippen LogP contribution in [0.3, 0.4) is 0 Å². The molecule has 184 valence electrons. The van der Waals surface area contributed by atoms with Crippen LogP contribution in [0.4, 0.5) is 23.1 Å². The SMILES string of the molecule is COc1cc2c(cc1Nc1ncc(Cl)c(Nc3ccccc3C(=O)O)n1)CCC(NCCO)CC2. The Kier molecular flexibility index (Phi) is 8.02. The number of nitrogens with one attached hydrogen (secondary N) is 3. The number of ether oxygens (including phenoxy) is 1. The first-order valence-corrected chi connectivity index (χ1v) is 11.8. The van der Waals surface area contributed by atoms with Crippen LogP contribution >= 0.6 is 11.6 Å². The highest BCUT2D eigenvalue weighted by Crippen LogP contribution is 2.34. The monoisotopic (exact) mass is 497 g/mol. The summed E-state index contributed by atoms with van der Waals surface area (Å²) in [6, 6.07) is 11.0. The van der Waals surface area contributed by atoms with E-state index >= 15 is 0 Å². The molecular weight excluding hydrogens is 470 g/mol. The second-order valence-corrected chi connectivity index (χ2v) is 8.67. The number of carbonyl (C=O) groups is 1. The standard InChI is InChI=1S/C25H28ClN5O4/c1-35-22-13-16-7-9-17(27-10-11-32)8-6-15(16)12-21(22)30-25-28-14-19(26)23(31-25)29-20-5-3-2-4-18(20)24(33)34/h2-5,12-14,17,27,32H,6-11H2,1H3,(H,33,34)(H2,28,29,30,31). The van der Waals surface area contributed by atoms with Crippen molar-refractivity contribution in [2.45, 2.75) is 31.7 Å². The van der Waals surface area contributed by atoms with Crippen molar-refractivity contribution in [2.24, 2.45) is 0 Å². The number of carboxylic acids is 1. The number of aliphatic hydroxyl groups is 1. The fourth-order valence-corrected chi connectivity index (χ4v) is 4.36. The Morgan fingerprint density at radius 3 is 2.60 bits per heavy atom. The van der Waals surface area contributed by atoms with E-state index in [1.165, 1.54) is 23.4 Å². The predicted octanol–water partition coefficient (Wildman–Crippen LogP) is 4.15. The first-order valence-electron chi connectivity index (χ1n) is 11.4. The van der Waals surface area contributed by atoms with E-state index < -0.39 is 5.97 Å². The van der Waals surface area contributed by atoms with E-state index in [1.54, 1.807) is 25.3 Å². The number of hydrogen-bond acceptors (Lipinski definition) is 8. The average molecular weight is 498 g/mol. The molecule has 3 aromatic rings. The van der Waals surface area contributed by atoms with Gasteiger partial charge in [-0.05, 0) is 61.1 Å². The van der Waals surface area contributed by atoms with Crippen molar-refractivity contribution in [1.29, 1.82) is 0 Å². The summed E-state index contributed by atoms with van der Waals surface area (Å²) >= 11 is 6.29. The average Bonchev–Trinajstić information content (AvgIpc) is 3.06. The van der Waals surface area contributed by atoms with Crippen LogP contribution in [0.25, 0.3) is 0 Å². The van der Waals surface area contributed by atoms with Gasteiger partial charge in [-0.1, -0.05) is 23.7 Å². The van der Waals surface area contributed by atoms with Gasteiger partial charge in [-0.3, -0.25) is 0 Å². The summed E-state index contributed by atoms with van der Waals surface area (Å²) in [6.45, 7) is 0.726. The first-order chi connectivity index (χ1) is 17.0. The van der Waals surface area contributed by atoms with Crippen LogP contribution < -0.4 is 20.7 Å². The van der Waals surface area contributed by atoms with Crippen LogP contribution in [-0.2, 0) is 12.8 Å². The predicted molar refractivity (Wildman–Crippen MR) is 136 cm³/mol. The van der Waals surface area contributed by atoms with E-state index in [0.717, 1.165) is 31.4 Å². The third-order valence-corrected chi connectivity index (χ3v) is 6.27. The zero-order valence-electron chi connectivity index (χ0n) is 19.3. The number of para-hydroxylation sites is 1. The Bertz CT molecular complexity index is 1210. The van der Waals surface area contributed by atoms with Crippen molar-refractivity contribution in [3.05, 3.63) is 64.3 Å². The Morgan fingerprint density at radius 2 is 1.89 bits per heavy atom. The number of aliphatic hydroxyl groups excluding tert-OH is 1. The molecule has 0 spiro atoms. The summed E-state index contributed by atoms with van der Waals surface area (Å²) in [5.41, 5.74) is 3.68. The molecule has 2 aromatic carbocycles. The number of rotatable bonds is 9. The van der Waals surface area contributed by atoms with Gasteiger partial charge >= 0.3 is 5.97 Å². The number of carboxylic acid groups (broad SMARTS) is 1. The molecule has 1 unspecified atom stereocenters. The zero-order chi connectivity index (χ0) is 24.8. The largest absolute Gasteiger partial charge is 0.495 e. The van der Waals surface area contributed by atoms with Crippen LogP contribution in [0.2, 0.25) is 5.02 Å². The lowest BCUT2D eigenvalue weighted by Crippen LogP contribution is -2.31. The molecule has 5 N–H and O–H groups in total. The van der Waals surface area contributed by atoms with E-state index in [-0.39, 0.29) is 23.0 Å². The van der Waals surface area contributed by atoms with Gasteiger partial charge in [0.25, 0.3) is 0 Å². The minimum atomic E-state index is -1.06. The van der Waals surface area contributed by atoms with Gasteiger partial charge < -0.3 is 30.9 Å². The molecule has 1 aliphatic carbocycles. The van der Waals surface area contributed by atoms with Crippen molar-refractivity contribution in [1.82, 2.24) is 15.3 Å². The van der Waals surface area contributed by atoms with E-state index in [0.29, 0.717) is 30.0 Å². The number of halogens is 1. The molecule has 1 heterocycles. The molecule has 4 rings (SSSR count). The van der Waals surface area contributed by atoms with Crippen molar-refractivity contribution in [2.75, 3.05) is 30.9 Å². The van der Waals surface area contributed by atoms with Gasteiger partial charge in [0.15, 0.2) is 5.82 Å². The molecule has 1 atom stereocenters. The summed E-state index contributed by atoms with van der Waals surface area (Å²) < 4.78 is 5.63. The zero-order valence-corrected chi connectivity index (χ0v) is 20.1. The molecule has 9 nitrogen and oxygen atoms in total. The maximum Gasteiger partial charge on any atom is 0.337 e. The molecule has 0 fully saturated rings. The lowest BCUT2D eigenvalue weighted by Gasteiger charge is -2.16. The number of aromatic nitrogens is 2. The van der Waals surface area contributed by atoms with Gasteiger partial charge in [0, 0.05) is 12.6 Å². The van der Waals surface area contributed by atoms with E-state index in [1.807, 2.05) is 6.07 Å². The normalized spacial score (nSPS) is 15.1. The molecule has 35 heavy (non-hydrogen) atoms. The maximum atomic E-state index is 11.5. The number of hydrogen-bond donors (Lipinski definition) is 5. The maximum absolute atomic E-state index is 11.5. The number of anilines is 4. The smallest absolute Gasteiger partial charge is 0.337 e. The van der Waals surface area contributed by atoms with Gasteiger partial charge in [-0.2, -0.15) is 4.98 Å². The molecule has 10 heteroatoms. The van der Waals surface area contributed by atoms with Crippen molar-refractivity contribution >= 4 is 40.7 Å². The van der Waals surface area contributed by atoms with Crippen molar-refractivity contribution < 1.29 is 19.7 Å². The highest BCUT2D eigenvalue weighted by Gasteiger charge is 2.19. The van der Waals surface area contributed by atoms with Gasteiger partial charge in [-0.15, -0.1) is 0 Å². The Morgan fingerprint density at radius 1 is 1.14 bits per heavy atom. The molecule has 1 aliphatic rings. The number of aryl methyl sites for hydroxylation is 2. The van der Waals surface area contributed by atoms with Gasteiger partial charge in [0.1, 0.15) is 10.8 Å². The van der Waals surface area contributed by atoms with E-state index in [2.05, 4.69) is 32.0 Å². The quantitative estimate of drug-likeness (QED) is 0.277. The minimum absolute atomic E-state index is 0.107. The summed E-state index contributed by atoms with van der Waals surface area (Å²) in [6.07, 6.45) is 5.25. The molecule has 0 aliphatic heterocycles. The third kappa shape index (κ3) is 6.00. The van der Waals surface area contributed by atoms with Crippen LogP contribution in [0.15, 0.2) is 42.6 Å². The van der Waals surface area contributed by atoms with Crippen LogP contribution in [0.5, 0.6) is 5.75 Å². The number of aromatic carboxylic acids is 1. The lowest BCUT2D eigenvalue weighted by molar-refractivity contribution is 0.0698. The summed E-state index contributed by atoms with van der Waals surface area (Å²) in [5.74, 6) is 0.193. The van der Waals surface area contributed by atoms with E-state index in [9.17, 15) is 9.90 Å². The Hall–Kier alpha value is -3.40. The van der Waals surface area contributed by atoms with E-state index in [4.69, 9.17) is 21.4 Å². The second kappa shape index (κ2) is 11.4. The highest BCUT2D eigenvalue weighted by atomic mass is 35.5. The third-order valence-electron chi connectivity index (χ3n) is 5.99. The summed E-state index contributed by atoms with van der Waals surface area (Å²) in [4.78, 5) is 20.3. The topological polar surface area (TPSA) is 129 Å². The lowest BCUT2D eigenvalue weighted by atomic mass is 10.0. The summed E-state index contributed by atoms with van der Waals surface area (Å²) in [5, 5.41) is 28.4. The van der Waals surface area contributed by atoms with Crippen LogP contribution in [0.1, 0.15) is 34.3 Å². The highest BCUT2D eigenvalue weighted by molar-refractivity contribution is 6.33. The number of nitrogens with zero attached hydrogens (tertiary/aromatic N) is 2. The minimum Gasteiger partial charge on any atom is -0.495 e. The van der Waals surface area contributed by atoms with Gasteiger partial charge in [0.2, 0.25) is 5.95 Å². The van der Waals surface area contributed by atoms with Crippen molar-refractivity contribution in [3.8, 4) is 5.75 Å². The Balaban J connectivity index is 1.57. The van der Waals surface area contributed by atoms with Crippen LogP contribution in [0, 0.1) is 0 Å². The summed E-state index contributed by atoms with van der Waals surface area (Å²) in [7, 11) is 1.62. The van der Waals surface area contributed by atoms with Gasteiger partial charge in [-0.25, -0.2) is 9.78 Å². The van der Waals surface area contributed by atoms with Crippen LogP contribution in [-0.4, -0.2) is 52.5 Å². The number of benzene rings is 2. The Labute approximate surface area is 208 Å². The molecule has 0 saturated heterocycles. The van der Waals surface area contributed by atoms with Crippen molar-refractivity contribution in [3.63, 3.8) is 0 Å². The molecule has 0 bridgehead atoms. The molecule has 0 saturated carbocycles. The van der Waals surface area contributed by atoms with Gasteiger partial charge in [0.05, 0.1) is 36.9 Å². The fourth-order valence-electron chi connectivity index (χ4n) is 4.22. The second-order valence-electron chi connectivity index (χ2n) is 8.26. The fraction of sp³-hybridized carbons (Fsp3) is 0.320. The number of fused-ring (bicyclic) bond motifs is 1. The molecule has 1 aromatic heterocycles. The molecule has 0 amide bonds. The number of methoxy groups -OCH3 is 1.